The van der Waals surface area contributed by atoms with E-state index in [1.54, 1.807) is 0 Å². The van der Waals surface area contributed by atoms with E-state index in [1.807, 2.05) is 6.92 Å². The zero-order valence-corrected chi connectivity index (χ0v) is 12.6. The molecule has 0 aliphatic carbocycles. The Kier molecular flexibility index (Phi) is 4.61. The summed E-state index contributed by atoms with van der Waals surface area (Å²) >= 11 is 0. The zero-order valence-electron chi connectivity index (χ0n) is 12.6. The number of rotatable bonds is 7. The predicted molar refractivity (Wildman–Crippen MR) is 71.0 cm³/mol. The van der Waals surface area contributed by atoms with E-state index in [1.165, 1.54) is 7.05 Å². The summed E-state index contributed by atoms with van der Waals surface area (Å²) in [6.07, 6.45) is -0.911. The third kappa shape index (κ3) is 2.43. The van der Waals surface area contributed by atoms with Gasteiger partial charge in [0.1, 0.15) is 13.4 Å². The molecule has 2 saturated heterocycles. The summed E-state index contributed by atoms with van der Waals surface area (Å²) in [6, 6.07) is 0. The molecule has 11 heteroatoms. The minimum absolute atomic E-state index is 0.202. The molecule has 2 fully saturated rings. The van der Waals surface area contributed by atoms with Crippen molar-refractivity contribution in [3.8, 4) is 0 Å². The van der Waals surface area contributed by atoms with Gasteiger partial charge in [-0.2, -0.15) is 0 Å². The van der Waals surface area contributed by atoms with Crippen molar-refractivity contribution in [1.29, 1.82) is 0 Å². The number of carbonyl (C=O) groups excluding carboxylic acids is 5. The molecule has 2 rings (SSSR count). The predicted octanol–water partition coefficient (Wildman–Crippen LogP) is -2.43. The average molecular weight is 328 g/mol. The number of nitrogens with zero attached hydrogens (tertiary/aromatic N) is 2. The number of amides is 5. The van der Waals surface area contributed by atoms with Gasteiger partial charge < -0.3 is 14.8 Å². The van der Waals surface area contributed by atoms with Crippen molar-refractivity contribution in [2.24, 2.45) is 5.41 Å². The van der Waals surface area contributed by atoms with Gasteiger partial charge >= 0.3 is 6.09 Å². The molecule has 0 aromatic heterocycles. The van der Waals surface area contributed by atoms with E-state index in [-0.39, 0.29) is 13.5 Å². The molecule has 0 aromatic rings. The summed E-state index contributed by atoms with van der Waals surface area (Å²) in [6.45, 7) is 1.97. The first-order chi connectivity index (χ1) is 10.9. The fourth-order valence-electron chi connectivity index (χ4n) is 2.18. The van der Waals surface area contributed by atoms with Gasteiger partial charge in [-0.15, -0.1) is 0 Å². The van der Waals surface area contributed by atoms with E-state index in [4.69, 9.17) is 4.74 Å². The zero-order chi connectivity index (χ0) is 17.2. The maximum atomic E-state index is 11.9. The summed E-state index contributed by atoms with van der Waals surface area (Å²) in [5.74, 6) is -3.60. The molecular weight excluding hydrogens is 312 g/mol. The third-order valence-corrected chi connectivity index (χ3v) is 3.49. The van der Waals surface area contributed by atoms with Crippen LogP contribution in [0.25, 0.3) is 0 Å². The maximum Gasteiger partial charge on any atom is 0.410 e. The lowest BCUT2D eigenvalue weighted by atomic mass is 9.69. The number of β-lactam (4-membered cyclic amide) rings is 4. The lowest BCUT2D eigenvalue weighted by Gasteiger charge is -2.51. The lowest BCUT2D eigenvalue weighted by molar-refractivity contribution is -0.198. The third-order valence-electron chi connectivity index (χ3n) is 3.49. The normalized spacial score (nSPS) is 18.9. The number of likely N-dealkylation sites (tertiary alicyclic amines) is 2. The molecule has 2 N–H and O–H groups in total. The summed E-state index contributed by atoms with van der Waals surface area (Å²) in [4.78, 5) is 59.7. The highest BCUT2D eigenvalue weighted by molar-refractivity contribution is 6.52. The SMILES string of the molecule is CCNCOCOC(=O)NCN1C(=O)C2(C(=O)N(C)C2=O)C1=O. The number of hydrogen-bond donors (Lipinski definition) is 2. The van der Waals surface area contributed by atoms with Crippen LogP contribution in [0.4, 0.5) is 4.79 Å². The van der Waals surface area contributed by atoms with Crippen molar-refractivity contribution in [1.82, 2.24) is 20.4 Å². The Hall–Kier alpha value is -2.53. The van der Waals surface area contributed by atoms with E-state index in [0.717, 1.165) is 0 Å². The van der Waals surface area contributed by atoms with Crippen LogP contribution in [0.2, 0.25) is 0 Å². The smallest absolute Gasteiger partial charge is 0.410 e. The van der Waals surface area contributed by atoms with Crippen LogP contribution < -0.4 is 10.6 Å². The number of ether oxygens (including phenoxy) is 2. The standard InChI is InChI=1S/C12H16N4O7/c1-3-13-5-22-6-23-11(21)14-4-16-9(19)12(10(16)20)7(17)15(2)8(12)18/h13H,3-6H2,1-2H3,(H,14,21). The number of nitrogens with one attached hydrogen (secondary N) is 2. The van der Waals surface area contributed by atoms with E-state index in [2.05, 4.69) is 15.4 Å². The molecule has 2 aliphatic heterocycles. The minimum atomic E-state index is -2.23. The quantitative estimate of drug-likeness (QED) is 0.228. The van der Waals surface area contributed by atoms with E-state index in [9.17, 15) is 24.0 Å². The Labute approximate surface area is 130 Å². The Morgan fingerprint density at radius 3 is 2.30 bits per heavy atom. The van der Waals surface area contributed by atoms with E-state index < -0.39 is 41.8 Å². The second-order valence-corrected chi connectivity index (χ2v) is 4.79. The van der Waals surface area contributed by atoms with Gasteiger partial charge in [-0.1, -0.05) is 6.92 Å². The molecule has 5 amide bonds. The van der Waals surface area contributed by atoms with Crippen molar-refractivity contribution in [2.75, 3.05) is 33.8 Å². The Morgan fingerprint density at radius 2 is 1.74 bits per heavy atom. The van der Waals surface area contributed by atoms with Crippen molar-refractivity contribution >= 4 is 29.7 Å². The molecule has 126 valence electrons. The highest BCUT2D eigenvalue weighted by Crippen LogP contribution is 2.43. The second kappa shape index (κ2) is 6.30. The largest absolute Gasteiger partial charge is 0.422 e. The molecular formula is C12H16N4O7. The molecule has 0 aromatic carbocycles. The Morgan fingerprint density at radius 1 is 1.13 bits per heavy atom. The molecule has 23 heavy (non-hydrogen) atoms. The van der Waals surface area contributed by atoms with Gasteiger partial charge in [0.05, 0.1) is 0 Å². The van der Waals surface area contributed by atoms with Gasteiger partial charge in [0.25, 0.3) is 29.0 Å². The fourth-order valence-corrected chi connectivity index (χ4v) is 2.18. The second-order valence-electron chi connectivity index (χ2n) is 4.79. The average Bonchev–Trinajstić information content (AvgIpc) is 2.54. The van der Waals surface area contributed by atoms with E-state index in [0.29, 0.717) is 16.3 Å². The van der Waals surface area contributed by atoms with Gasteiger partial charge in [-0.05, 0) is 6.54 Å². The summed E-state index contributed by atoms with van der Waals surface area (Å²) in [5, 5.41) is 4.99. The van der Waals surface area contributed by atoms with Crippen molar-refractivity contribution in [3.05, 3.63) is 0 Å². The Bertz CT molecular complexity index is 542. The fraction of sp³-hybridized carbons (Fsp3) is 0.583. The van der Waals surface area contributed by atoms with Crippen LogP contribution >= 0.6 is 0 Å². The van der Waals surface area contributed by atoms with Crippen LogP contribution in [-0.2, 0) is 28.7 Å². The first-order valence-corrected chi connectivity index (χ1v) is 6.77. The molecule has 2 heterocycles. The number of carbonyl (C=O) groups is 5. The number of hydrogen-bond acceptors (Lipinski definition) is 8. The van der Waals surface area contributed by atoms with Gasteiger partial charge in [-0.25, -0.2) is 4.79 Å². The van der Waals surface area contributed by atoms with Gasteiger partial charge in [0, 0.05) is 7.05 Å². The molecule has 0 saturated carbocycles. The maximum absolute atomic E-state index is 11.9. The van der Waals surface area contributed by atoms with Gasteiger partial charge in [0.15, 0.2) is 6.79 Å². The molecule has 1 spiro atoms. The van der Waals surface area contributed by atoms with Crippen LogP contribution in [0.5, 0.6) is 0 Å². The van der Waals surface area contributed by atoms with Gasteiger partial charge in [0.2, 0.25) is 0 Å². The van der Waals surface area contributed by atoms with Crippen LogP contribution in [-0.4, -0.2) is 73.3 Å². The highest BCUT2D eigenvalue weighted by Gasteiger charge is 2.79. The summed E-state index contributed by atoms with van der Waals surface area (Å²) in [7, 11) is 1.18. The molecule has 0 radical (unpaired) electrons. The molecule has 11 nitrogen and oxygen atoms in total. The monoisotopic (exact) mass is 328 g/mol. The minimum Gasteiger partial charge on any atom is -0.422 e. The van der Waals surface area contributed by atoms with Crippen molar-refractivity contribution in [2.45, 2.75) is 6.92 Å². The molecule has 0 atom stereocenters. The van der Waals surface area contributed by atoms with Crippen LogP contribution in [0, 0.1) is 5.41 Å². The summed E-state index contributed by atoms with van der Waals surface area (Å²) in [5.41, 5.74) is -2.23. The Balaban J connectivity index is 1.75. The van der Waals surface area contributed by atoms with Crippen LogP contribution in [0.1, 0.15) is 6.92 Å². The molecule has 2 aliphatic rings. The number of imide groups is 2. The van der Waals surface area contributed by atoms with Crippen LogP contribution in [0.3, 0.4) is 0 Å². The first kappa shape index (κ1) is 16.8. The number of alkyl carbamates (subject to hydrolysis) is 1. The van der Waals surface area contributed by atoms with Crippen molar-refractivity contribution in [3.63, 3.8) is 0 Å². The molecule has 0 unspecified atom stereocenters. The topological polar surface area (TPSA) is 134 Å². The van der Waals surface area contributed by atoms with Crippen LogP contribution in [0.15, 0.2) is 0 Å². The van der Waals surface area contributed by atoms with Crippen molar-refractivity contribution < 1.29 is 33.4 Å². The highest BCUT2D eigenvalue weighted by atomic mass is 16.7. The summed E-state index contributed by atoms with van der Waals surface area (Å²) < 4.78 is 9.52. The lowest BCUT2D eigenvalue weighted by Crippen LogP contribution is -2.84. The molecule has 0 bridgehead atoms. The first-order valence-electron chi connectivity index (χ1n) is 6.77. The van der Waals surface area contributed by atoms with E-state index >= 15 is 0 Å². The van der Waals surface area contributed by atoms with Gasteiger partial charge in [-0.3, -0.25) is 34.3 Å².